The highest BCUT2D eigenvalue weighted by Crippen LogP contribution is 2.34. The average Bonchev–Trinajstić information content (AvgIpc) is 2.73. The van der Waals surface area contributed by atoms with Crippen molar-refractivity contribution in [2.75, 3.05) is 20.3 Å². The number of hydrogen-bond acceptors (Lipinski definition) is 5. The summed E-state index contributed by atoms with van der Waals surface area (Å²) in [5.74, 6) is -1.06. The van der Waals surface area contributed by atoms with E-state index in [0.717, 1.165) is 32.1 Å². The number of nitrogens with zero attached hydrogens (tertiary/aromatic N) is 1. The second-order valence-electron chi connectivity index (χ2n) is 10.3. The van der Waals surface area contributed by atoms with E-state index in [0.29, 0.717) is 25.6 Å². The van der Waals surface area contributed by atoms with Crippen molar-refractivity contribution in [3.63, 3.8) is 0 Å². The summed E-state index contributed by atoms with van der Waals surface area (Å²) in [6.07, 6.45) is 9.65. The Morgan fingerprint density at radius 1 is 1.22 bits per heavy atom. The van der Waals surface area contributed by atoms with Crippen LogP contribution < -0.4 is 0 Å². The fourth-order valence-corrected chi connectivity index (χ4v) is 4.80. The predicted octanol–water partition coefficient (Wildman–Crippen LogP) is 4.41. The van der Waals surface area contributed by atoms with Gasteiger partial charge in [0.25, 0.3) is 0 Å². The molecule has 0 aliphatic heterocycles. The number of aromatic nitrogens is 1. The molecule has 1 saturated carbocycles. The Hall–Kier alpha value is -1.79. The van der Waals surface area contributed by atoms with Crippen molar-refractivity contribution in [1.29, 1.82) is 0 Å². The van der Waals surface area contributed by atoms with Crippen molar-refractivity contribution in [2.45, 2.75) is 84.2 Å². The second-order valence-corrected chi connectivity index (χ2v) is 10.3. The molecule has 2 aliphatic rings. The molecule has 0 amide bonds. The van der Waals surface area contributed by atoms with Gasteiger partial charge in [-0.3, -0.25) is 14.6 Å². The number of rotatable bonds is 13. The number of carbonyl (C=O) groups excluding carboxylic acids is 1. The summed E-state index contributed by atoms with van der Waals surface area (Å²) in [6, 6.07) is 4.46. The van der Waals surface area contributed by atoms with Crippen LogP contribution in [0.2, 0.25) is 0 Å². The minimum absolute atomic E-state index is 0.0239. The summed E-state index contributed by atoms with van der Waals surface area (Å²) in [6.45, 7) is 4.27. The van der Waals surface area contributed by atoms with E-state index in [2.05, 4.69) is 12.1 Å². The number of carbonyl (C=O) groups is 2. The van der Waals surface area contributed by atoms with Gasteiger partial charge in [0.2, 0.25) is 0 Å². The molecule has 0 aromatic carbocycles. The van der Waals surface area contributed by atoms with Gasteiger partial charge in [0.1, 0.15) is 5.78 Å². The van der Waals surface area contributed by atoms with Gasteiger partial charge in [-0.2, -0.15) is 0 Å². The van der Waals surface area contributed by atoms with Gasteiger partial charge < -0.3 is 14.6 Å². The van der Waals surface area contributed by atoms with Crippen LogP contribution in [0.1, 0.15) is 75.7 Å². The highest BCUT2D eigenvalue weighted by molar-refractivity contribution is 5.87. The quantitative estimate of drug-likeness (QED) is 0.484. The summed E-state index contributed by atoms with van der Waals surface area (Å²) in [4.78, 5) is 28.9. The number of hydrogen-bond donors (Lipinski definition) is 1. The Bertz CT molecular complexity index is 784. The fraction of sp³-hybridized carbons (Fsp3) is 0.731. The van der Waals surface area contributed by atoms with Gasteiger partial charge in [-0.05, 0) is 75.3 Å². The van der Waals surface area contributed by atoms with Gasteiger partial charge in [0.05, 0.1) is 18.6 Å². The Labute approximate surface area is 192 Å². The van der Waals surface area contributed by atoms with Crippen LogP contribution in [0.5, 0.6) is 0 Å². The number of aryl methyl sites for hydroxylation is 3. The Morgan fingerprint density at radius 3 is 2.69 bits per heavy atom. The number of ketones is 1. The Kier molecular flexibility index (Phi) is 8.83. The van der Waals surface area contributed by atoms with Gasteiger partial charge in [0, 0.05) is 36.9 Å². The van der Waals surface area contributed by atoms with Gasteiger partial charge in [-0.25, -0.2) is 0 Å². The summed E-state index contributed by atoms with van der Waals surface area (Å²) >= 11 is 0. The lowest BCUT2D eigenvalue weighted by molar-refractivity contribution is -0.146. The molecule has 1 unspecified atom stereocenters. The number of Topliss-reactive ketones (excluding diaryl/α,β-unsaturated/α-hetero) is 1. The average molecular weight is 446 g/mol. The van der Waals surface area contributed by atoms with Crippen LogP contribution in [-0.4, -0.2) is 48.3 Å². The molecule has 1 aromatic heterocycles. The molecule has 6 nitrogen and oxygen atoms in total. The molecule has 1 atom stereocenters. The monoisotopic (exact) mass is 445 g/mol. The summed E-state index contributed by atoms with van der Waals surface area (Å²) < 4.78 is 11.0. The van der Waals surface area contributed by atoms with Crippen LogP contribution >= 0.6 is 0 Å². The SMILES string of the molecule is COCC(C)(C)C(=O)CC(CCOC1CC(CCc2ccc3c(n2)CCCC3)C1)C(=O)O. The molecule has 1 aromatic rings. The molecule has 32 heavy (non-hydrogen) atoms. The second kappa shape index (κ2) is 11.4. The van der Waals surface area contributed by atoms with Crippen LogP contribution in [0.25, 0.3) is 0 Å². The molecule has 6 heteroatoms. The van der Waals surface area contributed by atoms with Gasteiger partial charge >= 0.3 is 5.97 Å². The maximum atomic E-state index is 12.5. The lowest BCUT2D eigenvalue weighted by Gasteiger charge is -2.35. The number of fused-ring (bicyclic) bond motifs is 1. The number of ether oxygens (including phenoxy) is 2. The standard InChI is InChI=1S/C26H39NO5/c1-26(2,17-31-3)24(28)16-20(25(29)30)12-13-32-22-14-18(15-22)8-10-21-11-9-19-6-4-5-7-23(19)27-21/h9,11,18,20,22H,4-8,10,12-17H2,1-3H3,(H,29,30). The maximum absolute atomic E-state index is 12.5. The third-order valence-electron chi connectivity index (χ3n) is 7.10. The van der Waals surface area contributed by atoms with Crippen LogP contribution in [0.3, 0.4) is 0 Å². The van der Waals surface area contributed by atoms with E-state index in [1.165, 1.54) is 36.2 Å². The van der Waals surface area contributed by atoms with Crippen LogP contribution in [0.4, 0.5) is 0 Å². The Morgan fingerprint density at radius 2 is 1.97 bits per heavy atom. The molecule has 0 radical (unpaired) electrons. The highest BCUT2D eigenvalue weighted by atomic mass is 16.5. The van der Waals surface area contributed by atoms with Crippen LogP contribution in [-0.2, 0) is 38.3 Å². The zero-order valence-electron chi connectivity index (χ0n) is 19.9. The van der Waals surface area contributed by atoms with Crippen molar-refractivity contribution >= 4 is 11.8 Å². The summed E-state index contributed by atoms with van der Waals surface area (Å²) in [5.41, 5.74) is 3.28. The van der Waals surface area contributed by atoms with E-state index in [1.54, 1.807) is 21.0 Å². The lowest BCUT2D eigenvalue weighted by atomic mass is 9.79. The van der Waals surface area contributed by atoms with Crippen molar-refractivity contribution < 1.29 is 24.2 Å². The normalized spacial score (nSPS) is 21.5. The molecule has 1 N–H and O–H groups in total. The molecule has 1 heterocycles. The zero-order chi connectivity index (χ0) is 23.1. The van der Waals surface area contributed by atoms with E-state index < -0.39 is 17.3 Å². The van der Waals surface area contributed by atoms with Crippen molar-refractivity contribution in [2.24, 2.45) is 17.3 Å². The van der Waals surface area contributed by atoms with Gasteiger partial charge in [-0.1, -0.05) is 19.9 Å². The molecule has 0 spiro atoms. The lowest BCUT2D eigenvalue weighted by Crippen LogP contribution is -2.34. The first-order chi connectivity index (χ1) is 15.3. The smallest absolute Gasteiger partial charge is 0.307 e. The van der Waals surface area contributed by atoms with Crippen molar-refractivity contribution in [3.05, 3.63) is 29.1 Å². The molecule has 0 saturated heterocycles. The third-order valence-corrected chi connectivity index (χ3v) is 7.10. The highest BCUT2D eigenvalue weighted by Gasteiger charge is 2.33. The van der Waals surface area contributed by atoms with E-state index in [4.69, 9.17) is 14.5 Å². The van der Waals surface area contributed by atoms with Gasteiger partial charge in [0.15, 0.2) is 0 Å². The molecule has 178 valence electrons. The van der Waals surface area contributed by atoms with E-state index >= 15 is 0 Å². The first-order valence-corrected chi connectivity index (χ1v) is 12.1. The minimum Gasteiger partial charge on any atom is -0.481 e. The molecular formula is C26H39NO5. The van der Waals surface area contributed by atoms with E-state index in [9.17, 15) is 14.7 Å². The van der Waals surface area contributed by atoms with Crippen molar-refractivity contribution in [3.8, 4) is 0 Å². The van der Waals surface area contributed by atoms with E-state index in [1.807, 2.05) is 0 Å². The molecule has 2 aliphatic carbocycles. The number of methoxy groups -OCH3 is 1. The van der Waals surface area contributed by atoms with Crippen LogP contribution in [0, 0.1) is 17.3 Å². The van der Waals surface area contributed by atoms with Crippen LogP contribution in [0.15, 0.2) is 12.1 Å². The number of aliphatic carboxylic acids is 1. The zero-order valence-corrected chi connectivity index (χ0v) is 19.9. The summed E-state index contributed by atoms with van der Waals surface area (Å²) in [5, 5.41) is 9.50. The molecule has 1 fully saturated rings. The van der Waals surface area contributed by atoms with Gasteiger partial charge in [-0.15, -0.1) is 0 Å². The molecule has 3 rings (SSSR count). The topological polar surface area (TPSA) is 85.7 Å². The first-order valence-electron chi connectivity index (χ1n) is 12.1. The van der Waals surface area contributed by atoms with E-state index in [-0.39, 0.29) is 18.3 Å². The number of carboxylic acids is 1. The molecular weight excluding hydrogens is 406 g/mol. The largest absolute Gasteiger partial charge is 0.481 e. The number of carboxylic acid groups (broad SMARTS) is 1. The van der Waals surface area contributed by atoms with Crippen molar-refractivity contribution in [1.82, 2.24) is 4.98 Å². The third kappa shape index (κ3) is 6.85. The first kappa shape index (κ1) is 24.8. The number of pyridine rings is 1. The fourth-order valence-electron chi connectivity index (χ4n) is 4.80. The minimum atomic E-state index is -0.931. The Balaban J connectivity index is 1.33. The predicted molar refractivity (Wildman–Crippen MR) is 123 cm³/mol. The maximum Gasteiger partial charge on any atom is 0.307 e. The molecule has 0 bridgehead atoms. The summed E-state index contributed by atoms with van der Waals surface area (Å²) in [7, 11) is 1.55.